The quantitative estimate of drug-likeness (QED) is 0.382. The SMILES string of the molecule is CC(C)(N)c1cccc(N/C(=C2\C(=O)Nc3cc(Cl)ccc32)c2cccc(CC(=O)O)c2)c1. The van der Waals surface area contributed by atoms with Gasteiger partial charge in [0, 0.05) is 21.8 Å². The normalized spacial score (nSPS) is 14.5. The predicted molar refractivity (Wildman–Crippen MR) is 132 cm³/mol. The smallest absolute Gasteiger partial charge is 0.307 e. The fourth-order valence-corrected chi connectivity index (χ4v) is 4.00. The molecule has 7 heteroatoms. The van der Waals surface area contributed by atoms with Crippen LogP contribution in [0, 0.1) is 0 Å². The summed E-state index contributed by atoms with van der Waals surface area (Å²) in [6.45, 7) is 3.84. The van der Waals surface area contributed by atoms with Crippen molar-refractivity contribution in [1.82, 2.24) is 0 Å². The van der Waals surface area contributed by atoms with Crippen LogP contribution in [0.25, 0.3) is 11.3 Å². The van der Waals surface area contributed by atoms with Gasteiger partial charge in [-0.15, -0.1) is 0 Å². The number of anilines is 2. The molecule has 0 atom stereocenters. The molecular weight excluding hydrogens is 438 g/mol. The summed E-state index contributed by atoms with van der Waals surface area (Å²) in [5.74, 6) is -1.19. The van der Waals surface area contributed by atoms with Gasteiger partial charge < -0.3 is 21.5 Å². The molecule has 0 saturated carbocycles. The number of carbonyl (C=O) groups excluding carboxylic acids is 1. The van der Waals surface area contributed by atoms with E-state index in [1.165, 1.54) is 0 Å². The monoisotopic (exact) mass is 461 g/mol. The highest BCUT2D eigenvalue weighted by Gasteiger charge is 2.29. The Labute approximate surface area is 197 Å². The van der Waals surface area contributed by atoms with Gasteiger partial charge in [0.25, 0.3) is 5.91 Å². The van der Waals surface area contributed by atoms with Crippen molar-refractivity contribution in [2.45, 2.75) is 25.8 Å². The Hall–Kier alpha value is -3.61. The van der Waals surface area contributed by atoms with E-state index in [1.807, 2.05) is 44.2 Å². The second-order valence-electron chi connectivity index (χ2n) is 8.59. The van der Waals surface area contributed by atoms with E-state index in [0.29, 0.717) is 38.7 Å². The fourth-order valence-electron chi connectivity index (χ4n) is 3.83. The third-order valence-electron chi connectivity index (χ3n) is 5.42. The molecule has 4 rings (SSSR count). The van der Waals surface area contributed by atoms with E-state index in [2.05, 4.69) is 10.6 Å². The van der Waals surface area contributed by atoms with Crippen LogP contribution >= 0.6 is 11.6 Å². The summed E-state index contributed by atoms with van der Waals surface area (Å²) >= 11 is 6.12. The minimum absolute atomic E-state index is 0.119. The zero-order valence-electron chi connectivity index (χ0n) is 18.3. The van der Waals surface area contributed by atoms with E-state index < -0.39 is 11.5 Å². The van der Waals surface area contributed by atoms with Crippen molar-refractivity contribution in [2.75, 3.05) is 10.6 Å². The van der Waals surface area contributed by atoms with Gasteiger partial charge in [-0.25, -0.2) is 0 Å². The molecular formula is C26H24ClN3O3. The molecule has 1 aliphatic rings. The lowest BCUT2D eigenvalue weighted by atomic mass is 9.94. The van der Waals surface area contributed by atoms with E-state index in [9.17, 15) is 14.7 Å². The van der Waals surface area contributed by atoms with Gasteiger partial charge in [-0.3, -0.25) is 9.59 Å². The molecule has 33 heavy (non-hydrogen) atoms. The average Bonchev–Trinajstić information content (AvgIpc) is 3.06. The van der Waals surface area contributed by atoms with Gasteiger partial charge in [0.15, 0.2) is 0 Å². The maximum Gasteiger partial charge on any atom is 0.307 e. The number of fused-ring (bicyclic) bond motifs is 1. The number of aliphatic carboxylic acids is 1. The molecule has 6 nitrogen and oxygen atoms in total. The number of nitrogens with one attached hydrogen (secondary N) is 2. The molecule has 5 N–H and O–H groups in total. The number of carboxylic acids is 1. The number of benzene rings is 3. The van der Waals surface area contributed by atoms with E-state index in [1.54, 1.807) is 36.4 Å². The van der Waals surface area contributed by atoms with Crippen LogP contribution < -0.4 is 16.4 Å². The van der Waals surface area contributed by atoms with Gasteiger partial charge in [0.05, 0.1) is 23.4 Å². The highest BCUT2D eigenvalue weighted by atomic mass is 35.5. The lowest BCUT2D eigenvalue weighted by Gasteiger charge is -2.21. The van der Waals surface area contributed by atoms with Gasteiger partial charge in [0.2, 0.25) is 0 Å². The van der Waals surface area contributed by atoms with E-state index in [-0.39, 0.29) is 12.3 Å². The minimum Gasteiger partial charge on any atom is -0.481 e. The molecule has 0 radical (unpaired) electrons. The lowest BCUT2D eigenvalue weighted by molar-refractivity contribution is -0.136. The lowest BCUT2D eigenvalue weighted by Crippen LogP contribution is -2.28. The van der Waals surface area contributed by atoms with Crippen LogP contribution in [0.3, 0.4) is 0 Å². The highest BCUT2D eigenvalue weighted by molar-refractivity contribution is 6.38. The van der Waals surface area contributed by atoms with Gasteiger partial charge in [-0.05, 0) is 60.9 Å². The Morgan fingerprint density at radius 1 is 1.09 bits per heavy atom. The van der Waals surface area contributed by atoms with Crippen molar-refractivity contribution in [3.8, 4) is 0 Å². The van der Waals surface area contributed by atoms with Crippen molar-refractivity contribution in [3.05, 3.63) is 94.0 Å². The number of rotatable bonds is 6. The number of carboxylic acid groups (broad SMARTS) is 1. The molecule has 3 aromatic rings. The van der Waals surface area contributed by atoms with Crippen LogP contribution in [0.2, 0.25) is 5.02 Å². The molecule has 0 aromatic heterocycles. The minimum atomic E-state index is -0.925. The molecule has 0 saturated heterocycles. The van der Waals surface area contributed by atoms with Gasteiger partial charge in [-0.1, -0.05) is 48.0 Å². The number of nitrogens with two attached hydrogens (primary N) is 1. The molecule has 3 aromatic carbocycles. The van der Waals surface area contributed by atoms with E-state index in [4.69, 9.17) is 17.3 Å². The molecule has 0 fully saturated rings. The van der Waals surface area contributed by atoms with Crippen molar-refractivity contribution in [3.63, 3.8) is 0 Å². The Morgan fingerprint density at radius 3 is 2.58 bits per heavy atom. The van der Waals surface area contributed by atoms with Gasteiger partial charge in [0.1, 0.15) is 0 Å². The third kappa shape index (κ3) is 4.92. The van der Waals surface area contributed by atoms with Gasteiger partial charge in [-0.2, -0.15) is 0 Å². The summed E-state index contributed by atoms with van der Waals surface area (Å²) < 4.78 is 0. The summed E-state index contributed by atoms with van der Waals surface area (Å²) in [6, 6.07) is 20.1. The molecule has 0 aliphatic carbocycles. The number of hydrogen-bond acceptors (Lipinski definition) is 4. The van der Waals surface area contributed by atoms with Crippen molar-refractivity contribution in [1.29, 1.82) is 0 Å². The summed E-state index contributed by atoms with van der Waals surface area (Å²) in [5, 5.41) is 16.0. The number of hydrogen-bond donors (Lipinski definition) is 4. The summed E-state index contributed by atoms with van der Waals surface area (Å²) in [5.41, 5.74) is 11.1. The maximum absolute atomic E-state index is 13.1. The van der Waals surface area contributed by atoms with E-state index in [0.717, 1.165) is 11.3 Å². The topological polar surface area (TPSA) is 104 Å². The largest absolute Gasteiger partial charge is 0.481 e. The Kier molecular flexibility index (Phi) is 5.97. The van der Waals surface area contributed by atoms with Crippen LogP contribution in [0.4, 0.5) is 11.4 Å². The summed E-state index contributed by atoms with van der Waals surface area (Å²) in [4.78, 5) is 24.3. The zero-order chi connectivity index (χ0) is 23.8. The average molecular weight is 462 g/mol. The molecule has 168 valence electrons. The van der Waals surface area contributed by atoms with Crippen LogP contribution in [-0.4, -0.2) is 17.0 Å². The Balaban J connectivity index is 1.89. The maximum atomic E-state index is 13.1. The third-order valence-corrected chi connectivity index (χ3v) is 5.66. The first kappa shape index (κ1) is 22.6. The second kappa shape index (κ2) is 8.73. The Morgan fingerprint density at radius 2 is 1.85 bits per heavy atom. The van der Waals surface area contributed by atoms with Crippen molar-refractivity contribution >= 4 is 46.1 Å². The molecule has 1 amide bonds. The fraction of sp³-hybridized carbons (Fsp3) is 0.154. The number of halogens is 1. The first-order valence-electron chi connectivity index (χ1n) is 10.4. The number of amides is 1. The zero-order valence-corrected chi connectivity index (χ0v) is 19.0. The van der Waals surface area contributed by atoms with Gasteiger partial charge >= 0.3 is 5.97 Å². The second-order valence-corrected chi connectivity index (χ2v) is 9.03. The Bertz CT molecular complexity index is 1290. The molecule has 0 unspecified atom stereocenters. The molecule has 1 aliphatic heterocycles. The molecule has 0 spiro atoms. The first-order chi connectivity index (χ1) is 15.6. The van der Waals surface area contributed by atoms with Crippen LogP contribution in [0.5, 0.6) is 0 Å². The van der Waals surface area contributed by atoms with Crippen LogP contribution in [-0.2, 0) is 21.5 Å². The summed E-state index contributed by atoms with van der Waals surface area (Å²) in [6.07, 6.45) is -0.119. The molecule has 0 bridgehead atoms. The van der Waals surface area contributed by atoms with Crippen molar-refractivity contribution < 1.29 is 14.7 Å². The highest BCUT2D eigenvalue weighted by Crippen LogP contribution is 2.39. The predicted octanol–water partition coefficient (Wildman–Crippen LogP) is 5.09. The summed E-state index contributed by atoms with van der Waals surface area (Å²) in [7, 11) is 0. The van der Waals surface area contributed by atoms with Crippen LogP contribution in [0.1, 0.15) is 36.1 Å². The van der Waals surface area contributed by atoms with E-state index >= 15 is 0 Å². The first-order valence-corrected chi connectivity index (χ1v) is 10.8. The van der Waals surface area contributed by atoms with Crippen molar-refractivity contribution in [2.24, 2.45) is 5.73 Å². The standard InChI is InChI=1S/C26H24ClN3O3/c1-26(2,28)17-7-4-8-19(13-17)29-24(16-6-3-5-15(11-16)12-22(31)32)23-20-10-9-18(27)14-21(20)30-25(23)33/h3-11,13-14,29H,12,28H2,1-2H3,(H,30,33)(H,31,32)/b24-23-. The number of carbonyl (C=O) groups is 2. The van der Waals surface area contributed by atoms with Crippen LogP contribution in [0.15, 0.2) is 66.7 Å². The molecule has 1 heterocycles.